The minimum atomic E-state index is 0.257. The summed E-state index contributed by atoms with van der Waals surface area (Å²) in [6.07, 6.45) is 7.68. The fraction of sp³-hybridized carbons (Fsp3) is 0.833. The van der Waals surface area contributed by atoms with E-state index in [2.05, 4.69) is 36.9 Å². The molecule has 0 aromatic heterocycles. The van der Waals surface area contributed by atoms with E-state index in [1.807, 2.05) is 0 Å². The lowest BCUT2D eigenvalue weighted by molar-refractivity contribution is 0.267. The minimum absolute atomic E-state index is 0.257. The van der Waals surface area contributed by atoms with E-state index in [4.69, 9.17) is 6.42 Å². The maximum absolute atomic E-state index is 5.43. The number of hydrogen-bond donors (Lipinski definition) is 1. The molecule has 1 aliphatic rings. The van der Waals surface area contributed by atoms with Crippen LogP contribution in [0.2, 0.25) is 0 Å². The fourth-order valence-electron chi connectivity index (χ4n) is 1.96. The standard InChI is InChI=1S/C12H22N2/c1-5-11(6-2)13-12-7-8-14(9-12)10(3)4/h1,10-13H,6-9H2,2-4H3. The summed E-state index contributed by atoms with van der Waals surface area (Å²) in [6.45, 7) is 8.99. The van der Waals surface area contributed by atoms with Crippen molar-refractivity contribution in [2.45, 2.75) is 51.7 Å². The van der Waals surface area contributed by atoms with E-state index in [1.54, 1.807) is 0 Å². The van der Waals surface area contributed by atoms with Gasteiger partial charge in [0.2, 0.25) is 0 Å². The summed E-state index contributed by atoms with van der Waals surface area (Å²) in [4.78, 5) is 2.50. The molecule has 0 spiro atoms. The Kier molecular flexibility index (Phi) is 4.44. The number of rotatable bonds is 4. The first-order chi connectivity index (χ1) is 6.67. The number of likely N-dealkylation sites (tertiary alicyclic amines) is 1. The van der Waals surface area contributed by atoms with Crippen LogP contribution in [0.5, 0.6) is 0 Å². The van der Waals surface area contributed by atoms with E-state index in [-0.39, 0.29) is 6.04 Å². The van der Waals surface area contributed by atoms with Gasteiger partial charge in [-0.2, -0.15) is 0 Å². The molecule has 2 nitrogen and oxygen atoms in total. The summed E-state index contributed by atoms with van der Waals surface area (Å²) in [5.74, 6) is 2.79. The van der Waals surface area contributed by atoms with Crippen LogP contribution in [0.25, 0.3) is 0 Å². The number of hydrogen-bond acceptors (Lipinski definition) is 2. The van der Waals surface area contributed by atoms with Crippen molar-refractivity contribution < 1.29 is 0 Å². The lowest BCUT2D eigenvalue weighted by Crippen LogP contribution is -2.40. The van der Waals surface area contributed by atoms with Gasteiger partial charge in [-0.1, -0.05) is 12.8 Å². The van der Waals surface area contributed by atoms with E-state index < -0.39 is 0 Å². The summed E-state index contributed by atoms with van der Waals surface area (Å²) >= 11 is 0. The molecule has 2 heteroatoms. The minimum Gasteiger partial charge on any atom is -0.300 e. The predicted octanol–water partition coefficient (Wildman–Crippen LogP) is 1.47. The van der Waals surface area contributed by atoms with Crippen LogP contribution in [-0.2, 0) is 0 Å². The molecule has 1 fully saturated rings. The van der Waals surface area contributed by atoms with Crippen LogP contribution in [0, 0.1) is 12.3 Å². The largest absolute Gasteiger partial charge is 0.300 e. The Morgan fingerprint density at radius 1 is 1.57 bits per heavy atom. The highest BCUT2D eigenvalue weighted by Crippen LogP contribution is 2.13. The van der Waals surface area contributed by atoms with E-state index in [1.165, 1.54) is 13.0 Å². The molecule has 0 aliphatic carbocycles. The molecule has 1 saturated heterocycles. The van der Waals surface area contributed by atoms with Gasteiger partial charge in [0.25, 0.3) is 0 Å². The van der Waals surface area contributed by atoms with Crippen molar-refractivity contribution in [3.63, 3.8) is 0 Å². The molecule has 80 valence electrons. The van der Waals surface area contributed by atoms with E-state index in [0.717, 1.165) is 13.0 Å². The Labute approximate surface area is 88.1 Å². The van der Waals surface area contributed by atoms with Crippen molar-refractivity contribution in [3.05, 3.63) is 0 Å². The second kappa shape index (κ2) is 5.38. The smallest absolute Gasteiger partial charge is 0.0686 e. The molecule has 0 aromatic carbocycles. The molecule has 1 N–H and O–H groups in total. The normalized spacial score (nSPS) is 25.2. The molecule has 1 aliphatic heterocycles. The van der Waals surface area contributed by atoms with Crippen molar-refractivity contribution in [2.75, 3.05) is 13.1 Å². The summed E-state index contributed by atoms with van der Waals surface area (Å²) in [6, 6.07) is 1.51. The van der Waals surface area contributed by atoms with Crippen molar-refractivity contribution in [2.24, 2.45) is 0 Å². The topological polar surface area (TPSA) is 15.3 Å². The average Bonchev–Trinajstić information content (AvgIpc) is 2.62. The molecule has 2 atom stereocenters. The molecular weight excluding hydrogens is 172 g/mol. The molecule has 0 aromatic rings. The van der Waals surface area contributed by atoms with E-state index >= 15 is 0 Å². The van der Waals surface area contributed by atoms with Gasteiger partial charge in [0.15, 0.2) is 0 Å². The predicted molar refractivity (Wildman–Crippen MR) is 61.2 cm³/mol. The average molecular weight is 194 g/mol. The van der Waals surface area contributed by atoms with E-state index in [9.17, 15) is 0 Å². The summed E-state index contributed by atoms with van der Waals surface area (Å²) in [5.41, 5.74) is 0. The van der Waals surface area contributed by atoms with Gasteiger partial charge in [-0.15, -0.1) is 6.42 Å². The van der Waals surface area contributed by atoms with Crippen LogP contribution in [0.3, 0.4) is 0 Å². The van der Waals surface area contributed by atoms with Crippen molar-refractivity contribution in [3.8, 4) is 12.3 Å². The van der Waals surface area contributed by atoms with Gasteiger partial charge in [-0.25, -0.2) is 0 Å². The van der Waals surface area contributed by atoms with E-state index in [0.29, 0.717) is 12.1 Å². The second-order valence-corrected chi connectivity index (χ2v) is 4.37. The molecule has 1 heterocycles. The highest BCUT2D eigenvalue weighted by Gasteiger charge is 2.24. The van der Waals surface area contributed by atoms with Gasteiger partial charge in [0.05, 0.1) is 6.04 Å². The Morgan fingerprint density at radius 3 is 2.71 bits per heavy atom. The third kappa shape index (κ3) is 3.01. The molecular formula is C12H22N2. The highest BCUT2D eigenvalue weighted by atomic mass is 15.2. The number of nitrogens with zero attached hydrogens (tertiary/aromatic N) is 1. The summed E-state index contributed by atoms with van der Waals surface area (Å²) in [5, 5.41) is 3.52. The Hall–Kier alpha value is -0.520. The molecule has 0 bridgehead atoms. The van der Waals surface area contributed by atoms with Crippen molar-refractivity contribution >= 4 is 0 Å². The number of nitrogens with one attached hydrogen (secondary N) is 1. The zero-order valence-corrected chi connectivity index (χ0v) is 9.59. The van der Waals surface area contributed by atoms with Gasteiger partial charge in [-0.3, -0.25) is 10.2 Å². The van der Waals surface area contributed by atoms with Crippen molar-refractivity contribution in [1.29, 1.82) is 0 Å². The highest BCUT2D eigenvalue weighted by molar-refractivity contribution is 5.00. The Morgan fingerprint density at radius 2 is 2.29 bits per heavy atom. The van der Waals surface area contributed by atoms with Gasteiger partial charge < -0.3 is 0 Å². The Balaban J connectivity index is 2.32. The summed E-state index contributed by atoms with van der Waals surface area (Å²) < 4.78 is 0. The molecule has 0 amide bonds. The molecule has 2 unspecified atom stereocenters. The SMILES string of the molecule is C#CC(CC)NC1CCN(C(C)C)C1. The quantitative estimate of drug-likeness (QED) is 0.682. The fourth-order valence-corrected chi connectivity index (χ4v) is 1.96. The zero-order valence-electron chi connectivity index (χ0n) is 9.59. The van der Waals surface area contributed by atoms with Crippen LogP contribution in [0.4, 0.5) is 0 Å². The van der Waals surface area contributed by atoms with Crippen LogP contribution >= 0.6 is 0 Å². The maximum atomic E-state index is 5.43. The van der Waals surface area contributed by atoms with Crippen LogP contribution in [-0.4, -0.2) is 36.1 Å². The first-order valence-electron chi connectivity index (χ1n) is 5.63. The zero-order chi connectivity index (χ0) is 10.6. The third-order valence-electron chi connectivity index (χ3n) is 3.00. The third-order valence-corrected chi connectivity index (χ3v) is 3.00. The van der Waals surface area contributed by atoms with Gasteiger partial charge >= 0.3 is 0 Å². The van der Waals surface area contributed by atoms with Crippen LogP contribution in [0.15, 0.2) is 0 Å². The van der Waals surface area contributed by atoms with Gasteiger partial charge in [0.1, 0.15) is 0 Å². The molecule has 1 rings (SSSR count). The molecule has 0 radical (unpaired) electrons. The Bertz CT molecular complexity index is 205. The molecule has 14 heavy (non-hydrogen) atoms. The first kappa shape index (κ1) is 11.6. The monoisotopic (exact) mass is 194 g/mol. The first-order valence-corrected chi connectivity index (χ1v) is 5.63. The van der Waals surface area contributed by atoms with Gasteiger partial charge in [-0.05, 0) is 33.2 Å². The maximum Gasteiger partial charge on any atom is 0.0686 e. The van der Waals surface area contributed by atoms with Gasteiger partial charge in [0, 0.05) is 18.6 Å². The van der Waals surface area contributed by atoms with Crippen LogP contribution in [0.1, 0.15) is 33.6 Å². The lowest BCUT2D eigenvalue weighted by Gasteiger charge is -2.21. The van der Waals surface area contributed by atoms with Crippen molar-refractivity contribution in [1.82, 2.24) is 10.2 Å². The molecule has 0 saturated carbocycles. The number of terminal acetylenes is 1. The lowest BCUT2D eigenvalue weighted by atomic mass is 10.2. The second-order valence-electron chi connectivity index (χ2n) is 4.37. The van der Waals surface area contributed by atoms with Crippen LogP contribution < -0.4 is 5.32 Å². The summed E-state index contributed by atoms with van der Waals surface area (Å²) in [7, 11) is 0.